The van der Waals surface area contributed by atoms with E-state index in [0.29, 0.717) is 23.4 Å². The first kappa shape index (κ1) is 23.6. The molecule has 0 saturated heterocycles. The highest BCUT2D eigenvalue weighted by atomic mass is 35.5. The number of carbonyl (C=O) groups is 2. The highest BCUT2D eigenvalue weighted by Gasteiger charge is 2.22. The maximum Gasteiger partial charge on any atom is 0.276 e. The van der Waals surface area contributed by atoms with Gasteiger partial charge in [0.15, 0.2) is 5.69 Å². The molecule has 0 atom stereocenters. The van der Waals surface area contributed by atoms with E-state index < -0.39 is 11.8 Å². The van der Waals surface area contributed by atoms with Crippen molar-refractivity contribution in [2.45, 2.75) is 6.92 Å². The van der Waals surface area contributed by atoms with Gasteiger partial charge >= 0.3 is 0 Å². The summed E-state index contributed by atoms with van der Waals surface area (Å²) >= 11 is 12.2. The minimum atomic E-state index is -0.648. The lowest BCUT2D eigenvalue weighted by molar-refractivity contribution is 0.0985. The number of para-hydroxylation sites is 1. The van der Waals surface area contributed by atoms with Gasteiger partial charge < -0.3 is 25.3 Å². The zero-order valence-corrected chi connectivity index (χ0v) is 19.5. The number of hydrogen-bond donors (Lipinski definition) is 5. The van der Waals surface area contributed by atoms with Gasteiger partial charge in [-0.25, -0.2) is 9.97 Å². The number of rotatable bonds is 9. The predicted octanol–water partition coefficient (Wildman–Crippen LogP) is 4.09. The Morgan fingerprint density at radius 3 is 2.65 bits per heavy atom. The van der Waals surface area contributed by atoms with E-state index >= 15 is 0 Å². The summed E-state index contributed by atoms with van der Waals surface area (Å²) in [5.41, 5.74) is 1.39. The van der Waals surface area contributed by atoms with Crippen LogP contribution in [0.15, 0.2) is 42.7 Å². The quantitative estimate of drug-likeness (QED) is 0.219. The topological polar surface area (TPSA) is 137 Å². The van der Waals surface area contributed by atoms with Crippen LogP contribution in [0.5, 0.6) is 5.75 Å². The van der Waals surface area contributed by atoms with Crippen molar-refractivity contribution in [1.82, 2.24) is 25.3 Å². The predicted molar refractivity (Wildman–Crippen MR) is 131 cm³/mol. The monoisotopic (exact) mass is 501 g/mol. The number of carbonyl (C=O) groups excluding carboxylic acids is 2. The average Bonchev–Trinajstić information content (AvgIpc) is 3.46. The molecule has 4 rings (SSSR count). The van der Waals surface area contributed by atoms with E-state index in [4.69, 9.17) is 27.9 Å². The van der Waals surface area contributed by atoms with Gasteiger partial charge in [0.1, 0.15) is 18.1 Å². The highest BCUT2D eigenvalue weighted by Crippen LogP contribution is 2.30. The largest absolute Gasteiger partial charge is 0.492 e. The molecule has 2 aromatic carbocycles. The molecule has 10 nitrogen and oxygen atoms in total. The summed E-state index contributed by atoms with van der Waals surface area (Å²) in [5.74, 6) is -0.364. The van der Waals surface area contributed by atoms with E-state index in [2.05, 4.69) is 35.9 Å². The molecule has 0 aliphatic carbocycles. The Kier molecular flexibility index (Phi) is 7.31. The molecule has 0 spiro atoms. The first-order chi connectivity index (χ1) is 16.5. The van der Waals surface area contributed by atoms with E-state index in [1.165, 1.54) is 6.33 Å². The second kappa shape index (κ2) is 10.6. The molecule has 2 aromatic heterocycles. The van der Waals surface area contributed by atoms with Gasteiger partial charge in [0, 0.05) is 12.6 Å². The number of fused-ring (bicyclic) bond motifs is 1. The number of ether oxygens (including phenoxy) is 1. The van der Waals surface area contributed by atoms with Gasteiger partial charge in [-0.1, -0.05) is 36.2 Å². The number of aromatic amines is 2. The van der Waals surface area contributed by atoms with Crippen LogP contribution in [0.3, 0.4) is 0 Å². The van der Waals surface area contributed by atoms with Crippen LogP contribution in [0.4, 0.5) is 11.6 Å². The zero-order valence-electron chi connectivity index (χ0n) is 18.0. The van der Waals surface area contributed by atoms with Crippen LogP contribution < -0.4 is 20.7 Å². The maximum absolute atomic E-state index is 12.8. The number of halogens is 2. The lowest BCUT2D eigenvalue weighted by Gasteiger charge is -2.08. The van der Waals surface area contributed by atoms with E-state index in [1.807, 2.05) is 6.92 Å². The molecule has 176 valence electrons. The third kappa shape index (κ3) is 5.30. The molecular weight excluding hydrogens is 481 g/mol. The maximum atomic E-state index is 12.8. The molecule has 2 amide bonds. The van der Waals surface area contributed by atoms with Crippen LogP contribution in [-0.4, -0.2) is 51.4 Å². The van der Waals surface area contributed by atoms with Crippen LogP contribution >= 0.6 is 23.2 Å². The molecule has 0 aliphatic rings. The molecule has 0 bridgehead atoms. The third-order valence-corrected chi connectivity index (χ3v) is 5.40. The Labute approximate surface area is 204 Å². The Bertz CT molecular complexity index is 1320. The zero-order chi connectivity index (χ0) is 24.1. The molecule has 0 unspecified atom stereocenters. The molecular formula is C22H21Cl2N7O3. The fourth-order valence-electron chi connectivity index (χ4n) is 3.16. The number of nitrogens with zero attached hydrogens (tertiary/aromatic N) is 2. The number of H-pyrrole nitrogens is 2. The van der Waals surface area contributed by atoms with Gasteiger partial charge in [-0.2, -0.15) is 0 Å². The average molecular weight is 502 g/mol. The van der Waals surface area contributed by atoms with Crippen LogP contribution in [-0.2, 0) is 0 Å². The number of amides is 2. The minimum absolute atomic E-state index is 0.0476. The molecule has 0 radical (unpaired) electrons. The summed E-state index contributed by atoms with van der Waals surface area (Å²) in [4.78, 5) is 39.6. The summed E-state index contributed by atoms with van der Waals surface area (Å²) in [6, 6.07) is 10.2. The van der Waals surface area contributed by atoms with Crippen molar-refractivity contribution in [1.29, 1.82) is 0 Å². The number of aromatic nitrogens is 4. The van der Waals surface area contributed by atoms with E-state index in [1.54, 1.807) is 36.4 Å². The van der Waals surface area contributed by atoms with E-state index in [-0.39, 0.29) is 33.1 Å². The first-order valence-corrected chi connectivity index (χ1v) is 11.1. The van der Waals surface area contributed by atoms with Crippen molar-refractivity contribution in [3.05, 3.63) is 64.2 Å². The molecule has 0 fully saturated rings. The molecule has 12 heteroatoms. The summed E-state index contributed by atoms with van der Waals surface area (Å²) in [7, 11) is 0. The summed E-state index contributed by atoms with van der Waals surface area (Å²) in [6.45, 7) is 4.17. The summed E-state index contributed by atoms with van der Waals surface area (Å²) in [5, 5.41) is 8.92. The summed E-state index contributed by atoms with van der Waals surface area (Å²) in [6.07, 6.45) is 1.24. The van der Waals surface area contributed by atoms with Crippen molar-refractivity contribution in [3.8, 4) is 5.75 Å². The van der Waals surface area contributed by atoms with Crippen molar-refractivity contribution >= 4 is 57.7 Å². The molecule has 4 aromatic rings. The van der Waals surface area contributed by atoms with Gasteiger partial charge in [-0.05, 0) is 30.8 Å². The van der Waals surface area contributed by atoms with Crippen LogP contribution in [0.25, 0.3) is 11.0 Å². The minimum Gasteiger partial charge on any atom is -0.492 e. The molecule has 34 heavy (non-hydrogen) atoms. The second-order valence-electron chi connectivity index (χ2n) is 7.10. The van der Waals surface area contributed by atoms with Crippen LogP contribution in [0, 0.1) is 0 Å². The van der Waals surface area contributed by atoms with Crippen molar-refractivity contribution < 1.29 is 14.3 Å². The van der Waals surface area contributed by atoms with Crippen molar-refractivity contribution in [3.63, 3.8) is 0 Å². The van der Waals surface area contributed by atoms with Crippen LogP contribution in [0.1, 0.15) is 27.9 Å². The highest BCUT2D eigenvalue weighted by molar-refractivity contribution is 6.40. The Morgan fingerprint density at radius 2 is 1.88 bits per heavy atom. The van der Waals surface area contributed by atoms with E-state index in [0.717, 1.165) is 13.1 Å². The Morgan fingerprint density at radius 1 is 1.09 bits per heavy atom. The van der Waals surface area contributed by atoms with Crippen molar-refractivity contribution in [2.24, 2.45) is 0 Å². The van der Waals surface area contributed by atoms with Gasteiger partial charge in [0.2, 0.25) is 5.95 Å². The Balaban J connectivity index is 1.46. The number of imidazole rings is 2. The van der Waals surface area contributed by atoms with Gasteiger partial charge in [-0.3, -0.25) is 14.9 Å². The molecule has 5 N–H and O–H groups in total. The number of nitrogens with one attached hydrogen (secondary N) is 5. The van der Waals surface area contributed by atoms with Gasteiger partial charge in [0.25, 0.3) is 11.8 Å². The number of hydrogen-bond acceptors (Lipinski definition) is 6. The second-order valence-corrected chi connectivity index (χ2v) is 7.91. The third-order valence-electron chi connectivity index (χ3n) is 4.77. The number of anilines is 2. The fourth-order valence-corrected chi connectivity index (χ4v) is 3.65. The lowest BCUT2D eigenvalue weighted by Crippen LogP contribution is -2.21. The van der Waals surface area contributed by atoms with Gasteiger partial charge in [-0.15, -0.1) is 0 Å². The van der Waals surface area contributed by atoms with Crippen LogP contribution in [0.2, 0.25) is 10.0 Å². The smallest absolute Gasteiger partial charge is 0.276 e. The number of likely N-dealkylation sites (N-methyl/N-ethyl adjacent to an activating group) is 1. The first-order valence-electron chi connectivity index (χ1n) is 10.4. The molecule has 0 aliphatic heterocycles. The lowest BCUT2D eigenvalue weighted by atomic mass is 10.2. The SMILES string of the molecule is CCNCCOc1ccc2nc(NC(=O)c3[nH]cnc3C(=O)Nc3c(Cl)cccc3Cl)[nH]c2c1. The molecule has 0 saturated carbocycles. The fraction of sp³-hybridized carbons (Fsp3) is 0.182. The standard InChI is InChI=1S/C22H21Cl2N7O3/c1-2-25-8-9-34-12-6-7-15-16(10-12)29-22(28-15)31-21(33)19-18(26-11-27-19)20(32)30-17-13(23)4-3-5-14(17)24/h3-7,10-11,25H,2,8-9H2,1H3,(H,26,27)(H,30,32)(H2,28,29,31,33). The molecule has 2 heterocycles. The van der Waals surface area contributed by atoms with Crippen molar-refractivity contribution in [2.75, 3.05) is 30.3 Å². The Hall–Kier alpha value is -3.60. The number of benzene rings is 2. The summed E-state index contributed by atoms with van der Waals surface area (Å²) < 4.78 is 5.70. The van der Waals surface area contributed by atoms with E-state index in [9.17, 15) is 9.59 Å². The van der Waals surface area contributed by atoms with Gasteiger partial charge in [0.05, 0.1) is 33.1 Å². The normalized spacial score (nSPS) is 10.9.